The van der Waals surface area contributed by atoms with E-state index in [1.807, 2.05) is 32.9 Å². The fraction of sp³-hybridized carbons (Fsp3) is 0.353. The van der Waals surface area contributed by atoms with Crippen molar-refractivity contribution in [2.24, 2.45) is 4.99 Å². The molecule has 0 spiro atoms. The molecule has 4 rings (SSSR count). The molecule has 1 aliphatic rings. The van der Waals surface area contributed by atoms with Crippen molar-refractivity contribution >= 4 is 34.6 Å². The van der Waals surface area contributed by atoms with E-state index < -0.39 is 17.7 Å². The summed E-state index contributed by atoms with van der Waals surface area (Å²) in [5.41, 5.74) is 10.2. The minimum atomic E-state index is -0.772. The highest BCUT2D eigenvalue weighted by molar-refractivity contribution is 6.30. The van der Waals surface area contributed by atoms with Crippen molar-refractivity contribution in [1.82, 2.24) is 14.8 Å². The Labute approximate surface area is 260 Å². The third-order valence-electron chi connectivity index (χ3n) is 7.35. The number of pyridine rings is 1. The maximum atomic E-state index is 15.4. The molecular weight excluding hydrogens is 566 g/mol. The SMILES string of the molecule is C/C=C\C/C(Cl)=C(/F)C(C)N(C)C(=Nc1cccc(F)c1)c1cc(-c2ccc(N3CCN(C)CC3)cc2)cnc1N.CC. The number of piperazine rings is 1. The lowest BCUT2D eigenvalue weighted by Gasteiger charge is -2.34. The molecule has 0 saturated carbocycles. The fourth-order valence-corrected chi connectivity index (χ4v) is 4.88. The molecule has 6 nitrogen and oxygen atoms in total. The first kappa shape index (κ1) is 33.7. The first-order chi connectivity index (χ1) is 20.7. The smallest absolute Gasteiger partial charge is 0.140 e. The number of benzene rings is 2. The van der Waals surface area contributed by atoms with Gasteiger partial charge in [0.25, 0.3) is 0 Å². The third kappa shape index (κ3) is 8.88. The molecule has 3 aromatic rings. The summed E-state index contributed by atoms with van der Waals surface area (Å²) >= 11 is 6.29. The van der Waals surface area contributed by atoms with E-state index in [2.05, 4.69) is 46.1 Å². The molecule has 1 atom stereocenters. The van der Waals surface area contributed by atoms with Gasteiger partial charge in [0.2, 0.25) is 0 Å². The topological polar surface area (TPSA) is 61.0 Å². The van der Waals surface area contributed by atoms with Crippen molar-refractivity contribution in [3.8, 4) is 11.1 Å². The van der Waals surface area contributed by atoms with Gasteiger partial charge in [0, 0.05) is 57.1 Å². The van der Waals surface area contributed by atoms with Gasteiger partial charge in [-0.2, -0.15) is 0 Å². The maximum absolute atomic E-state index is 15.4. The van der Waals surface area contributed by atoms with Crippen molar-refractivity contribution in [3.63, 3.8) is 0 Å². The van der Waals surface area contributed by atoms with Crippen molar-refractivity contribution in [3.05, 3.63) is 95.2 Å². The minimum absolute atomic E-state index is 0.104. The molecule has 43 heavy (non-hydrogen) atoms. The molecule has 0 radical (unpaired) electrons. The van der Waals surface area contributed by atoms with Gasteiger partial charge in [-0.25, -0.2) is 18.8 Å². The van der Waals surface area contributed by atoms with Crippen LogP contribution in [0.5, 0.6) is 0 Å². The minimum Gasteiger partial charge on any atom is -0.383 e. The molecule has 2 heterocycles. The Morgan fingerprint density at radius 2 is 1.77 bits per heavy atom. The number of aliphatic imine (C=N–C) groups is 1. The van der Waals surface area contributed by atoms with E-state index in [9.17, 15) is 4.39 Å². The Balaban J connectivity index is 0.00000248. The summed E-state index contributed by atoms with van der Waals surface area (Å²) in [7, 11) is 3.85. The molecule has 9 heteroatoms. The lowest BCUT2D eigenvalue weighted by atomic mass is 10.0. The molecule has 1 saturated heterocycles. The van der Waals surface area contributed by atoms with Gasteiger partial charge in [0.15, 0.2) is 0 Å². The number of hydrogen-bond donors (Lipinski definition) is 1. The van der Waals surface area contributed by atoms with Crippen LogP contribution in [0.15, 0.2) is 88.8 Å². The molecule has 1 aliphatic heterocycles. The van der Waals surface area contributed by atoms with Crippen LogP contribution in [-0.4, -0.2) is 66.9 Å². The van der Waals surface area contributed by atoms with E-state index in [1.54, 1.807) is 43.3 Å². The lowest BCUT2D eigenvalue weighted by Crippen LogP contribution is -2.44. The number of rotatable bonds is 8. The van der Waals surface area contributed by atoms with Gasteiger partial charge in [0.1, 0.15) is 23.3 Å². The average Bonchev–Trinajstić information content (AvgIpc) is 3.03. The molecule has 0 bridgehead atoms. The second-order valence-electron chi connectivity index (χ2n) is 10.2. The van der Waals surface area contributed by atoms with E-state index in [-0.39, 0.29) is 17.3 Å². The summed E-state index contributed by atoms with van der Waals surface area (Å²) < 4.78 is 29.5. The zero-order valence-corrected chi connectivity index (χ0v) is 26.7. The Morgan fingerprint density at radius 1 is 1.09 bits per heavy atom. The largest absolute Gasteiger partial charge is 0.383 e. The third-order valence-corrected chi connectivity index (χ3v) is 7.68. The molecule has 2 aromatic carbocycles. The monoisotopic (exact) mass is 608 g/mol. The van der Waals surface area contributed by atoms with Crippen LogP contribution in [0.4, 0.5) is 26.0 Å². The fourth-order valence-electron chi connectivity index (χ4n) is 4.64. The van der Waals surface area contributed by atoms with Crippen molar-refractivity contribution in [2.75, 3.05) is 50.9 Å². The standard InChI is InChI=1S/C32H37ClF2N6.C2H6/c1-5-6-10-29(33)30(35)22(2)40(4)32(38-26-9-7-8-25(34)20-26)28-19-24(21-37-31(28)36)23-11-13-27(14-12-23)41-17-15-39(3)16-18-41;1-2/h5-9,11-14,19-22H,10,15-18H2,1-4H3,(H2,36,37);1-2H3/b6-5-,30-29-,38-32?;. The highest BCUT2D eigenvalue weighted by Gasteiger charge is 2.24. The van der Waals surface area contributed by atoms with Crippen LogP contribution >= 0.6 is 11.6 Å². The maximum Gasteiger partial charge on any atom is 0.140 e. The highest BCUT2D eigenvalue weighted by Crippen LogP contribution is 2.29. The van der Waals surface area contributed by atoms with Crippen LogP contribution in [0.25, 0.3) is 11.1 Å². The van der Waals surface area contributed by atoms with E-state index >= 15 is 4.39 Å². The summed E-state index contributed by atoms with van der Waals surface area (Å²) in [6, 6.07) is 15.4. The molecule has 1 aromatic heterocycles. The summed E-state index contributed by atoms with van der Waals surface area (Å²) in [6.45, 7) is 11.6. The van der Waals surface area contributed by atoms with Gasteiger partial charge in [-0.15, -0.1) is 0 Å². The Morgan fingerprint density at radius 3 is 2.40 bits per heavy atom. The van der Waals surface area contributed by atoms with Crippen LogP contribution in [0.3, 0.4) is 0 Å². The number of nitrogens with two attached hydrogens (primary N) is 1. The van der Waals surface area contributed by atoms with Crippen molar-refractivity contribution in [1.29, 1.82) is 0 Å². The predicted octanol–water partition coefficient (Wildman–Crippen LogP) is 8.03. The Kier molecular flexibility index (Phi) is 12.7. The number of halogens is 3. The lowest BCUT2D eigenvalue weighted by molar-refractivity contribution is 0.313. The molecule has 1 unspecified atom stereocenters. The van der Waals surface area contributed by atoms with Crippen LogP contribution < -0.4 is 10.6 Å². The zero-order chi connectivity index (χ0) is 31.5. The number of nitrogen functional groups attached to an aromatic ring is 1. The van der Waals surface area contributed by atoms with Crippen LogP contribution in [-0.2, 0) is 0 Å². The zero-order valence-electron chi connectivity index (χ0n) is 26.0. The van der Waals surface area contributed by atoms with E-state index in [1.165, 1.54) is 17.8 Å². The first-order valence-electron chi connectivity index (χ1n) is 14.7. The molecule has 2 N–H and O–H groups in total. The van der Waals surface area contributed by atoms with Crippen molar-refractivity contribution < 1.29 is 8.78 Å². The van der Waals surface area contributed by atoms with Crippen LogP contribution in [0.2, 0.25) is 0 Å². The number of nitrogens with zero attached hydrogens (tertiary/aromatic N) is 5. The van der Waals surface area contributed by atoms with Crippen LogP contribution in [0.1, 0.15) is 39.7 Å². The Bertz CT molecular complexity index is 1430. The van der Waals surface area contributed by atoms with Crippen molar-refractivity contribution in [2.45, 2.75) is 40.2 Å². The predicted molar refractivity (Wildman–Crippen MR) is 178 cm³/mol. The number of anilines is 2. The van der Waals surface area contributed by atoms with Gasteiger partial charge < -0.3 is 20.4 Å². The summed E-state index contributed by atoms with van der Waals surface area (Å²) in [4.78, 5) is 15.5. The number of aromatic nitrogens is 1. The second kappa shape index (κ2) is 16.2. The molecule has 230 valence electrons. The summed E-state index contributed by atoms with van der Waals surface area (Å²) in [5, 5.41) is 0.104. The normalized spacial score (nSPS) is 15.6. The van der Waals surface area contributed by atoms with Gasteiger partial charge >= 0.3 is 0 Å². The molecule has 0 aliphatic carbocycles. The summed E-state index contributed by atoms with van der Waals surface area (Å²) in [6.07, 6.45) is 5.59. The summed E-state index contributed by atoms with van der Waals surface area (Å²) in [5.74, 6) is -0.348. The van der Waals surface area contributed by atoms with Gasteiger partial charge in [-0.1, -0.05) is 55.8 Å². The number of amidine groups is 1. The highest BCUT2D eigenvalue weighted by atomic mass is 35.5. The molecule has 1 fully saturated rings. The first-order valence-corrected chi connectivity index (χ1v) is 15.1. The second-order valence-corrected chi connectivity index (χ2v) is 10.7. The molecular formula is C34H43ClF2N6. The van der Waals surface area contributed by atoms with Gasteiger partial charge in [0.05, 0.1) is 22.3 Å². The number of likely N-dealkylation sites (N-methyl/N-ethyl adjacent to an activating group) is 2. The van der Waals surface area contributed by atoms with E-state index in [4.69, 9.17) is 22.3 Å². The number of allylic oxidation sites excluding steroid dienone is 3. The van der Waals surface area contributed by atoms with Gasteiger partial charge in [-0.05, 0) is 62.9 Å². The van der Waals surface area contributed by atoms with Crippen LogP contribution in [0, 0.1) is 5.82 Å². The number of hydrogen-bond acceptors (Lipinski definition) is 5. The average molecular weight is 609 g/mol. The van der Waals surface area contributed by atoms with Gasteiger partial charge in [-0.3, -0.25) is 0 Å². The van der Waals surface area contributed by atoms with E-state index in [0.29, 0.717) is 17.1 Å². The van der Waals surface area contributed by atoms with E-state index in [0.717, 1.165) is 37.3 Å². The quantitative estimate of drug-likeness (QED) is 0.159. The Hall–Kier alpha value is -3.75. The molecule has 0 amide bonds.